The van der Waals surface area contributed by atoms with Gasteiger partial charge in [0.1, 0.15) is 9.88 Å². The second kappa shape index (κ2) is 10.5. The van der Waals surface area contributed by atoms with Gasteiger partial charge in [0.15, 0.2) is 0 Å². The van der Waals surface area contributed by atoms with Crippen LogP contribution in [-0.4, -0.2) is 31.1 Å². The third kappa shape index (κ3) is 5.36. The van der Waals surface area contributed by atoms with E-state index in [1.54, 1.807) is 26.8 Å². The number of benzene rings is 1. The third-order valence-electron chi connectivity index (χ3n) is 3.55. The number of halogens is 3. The zero-order valence-corrected chi connectivity index (χ0v) is 22.4. The normalized spacial score (nSPS) is 10.5. The van der Waals surface area contributed by atoms with Gasteiger partial charge < -0.3 is 14.8 Å². The van der Waals surface area contributed by atoms with Gasteiger partial charge in [0.2, 0.25) is 0 Å². The molecule has 6 nitrogen and oxygen atoms in total. The molecule has 0 aliphatic carbocycles. The molecule has 0 fully saturated rings. The third-order valence-corrected chi connectivity index (χ3v) is 8.41. The first-order valence-electron chi connectivity index (χ1n) is 8.14. The van der Waals surface area contributed by atoms with Crippen LogP contribution in [0.25, 0.3) is 0 Å². The fraction of sp³-hybridized carbons (Fsp3) is 0.278. The van der Waals surface area contributed by atoms with Crippen LogP contribution in [0.3, 0.4) is 0 Å². The van der Waals surface area contributed by atoms with Gasteiger partial charge in [-0.1, -0.05) is 0 Å². The largest absolute Gasteiger partial charge is 0.462 e. The lowest BCUT2D eigenvalue weighted by Gasteiger charge is -2.10. The average molecular weight is 739 g/mol. The minimum atomic E-state index is -0.589. The summed E-state index contributed by atoms with van der Waals surface area (Å²) in [5.74, 6) is -1.48. The van der Waals surface area contributed by atoms with Crippen molar-refractivity contribution in [2.45, 2.75) is 20.8 Å². The predicted molar refractivity (Wildman–Crippen MR) is 134 cm³/mol. The molecule has 0 saturated carbocycles. The van der Waals surface area contributed by atoms with Crippen LogP contribution in [0.5, 0.6) is 0 Å². The minimum Gasteiger partial charge on any atom is -0.462 e. The van der Waals surface area contributed by atoms with Crippen molar-refractivity contribution in [3.63, 3.8) is 0 Å². The highest BCUT2D eigenvalue weighted by Crippen LogP contribution is 2.35. The lowest BCUT2D eigenvalue weighted by molar-refractivity contribution is 0.0527. The molecule has 1 aromatic carbocycles. The molecule has 1 N–H and O–H groups in total. The van der Waals surface area contributed by atoms with E-state index in [4.69, 9.17) is 9.47 Å². The van der Waals surface area contributed by atoms with Gasteiger partial charge >= 0.3 is 11.9 Å². The Morgan fingerprint density at radius 1 is 1.04 bits per heavy atom. The molecule has 2 aromatic rings. The van der Waals surface area contributed by atoms with Gasteiger partial charge in [-0.2, -0.15) is 0 Å². The topological polar surface area (TPSA) is 81.7 Å². The van der Waals surface area contributed by atoms with Crippen molar-refractivity contribution in [3.8, 4) is 0 Å². The number of anilines is 1. The van der Waals surface area contributed by atoms with Crippen molar-refractivity contribution in [1.82, 2.24) is 0 Å². The molecule has 0 spiro atoms. The van der Waals surface area contributed by atoms with Crippen molar-refractivity contribution in [2.24, 2.45) is 0 Å². The number of thiophene rings is 1. The molecule has 10 heteroatoms. The minimum absolute atomic E-state index is 0.179. The van der Waals surface area contributed by atoms with E-state index in [1.807, 2.05) is 6.07 Å². The molecule has 1 aromatic heterocycles. The second-order valence-electron chi connectivity index (χ2n) is 5.40. The lowest BCUT2D eigenvalue weighted by atomic mass is 10.1. The van der Waals surface area contributed by atoms with E-state index in [2.05, 4.69) is 73.1 Å². The van der Waals surface area contributed by atoms with Crippen LogP contribution in [0, 0.1) is 17.6 Å². The van der Waals surface area contributed by atoms with E-state index in [-0.39, 0.29) is 34.6 Å². The standard InChI is InChI=1S/C18H16I3NO5S/c1-4-26-17(24)12-8(3)14(18(25)27-5-2)28-16(12)22-15(23)10-6-9(19)7-11(20)13(10)21/h6-7H,4-5H2,1-3H3,(H,22,23). The van der Waals surface area contributed by atoms with Gasteiger partial charge in [-0.15, -0.1) is 11.3 Å². The van der Waals surface area contributed by atoms with Crippen molar-refractivity contribution >= 4 is 102 Å². The number of nitrogens with one attached hydrogen (secondary N) is 1. The van der Waals surface area contributed by atoms with E-state index >= 15 is 0 Å². The van der Waals surface area contributed by atoms with Crippen molar-refractivity contribution < 1.29 is 23.9 Å². The first-order chi connectivity index (χ1) is 13.2. The first-order valence-corrected chi connectivity index (χ1v) is 12.2. The van der Waals surface area contributed by atoms with Crippen LogP contribution in [-0.2, 0) is 9.47 Å². The number of carbonyl (C=O) groups excluding carboxylic acids is 3. The average Bonchev–Trinajstić information content (AvgIpc) is 2.94. The van der Waals surface area contributed by atoms with E-state index < -0.39 is 11.9 Å². The Hall–Kier alpha value is -0.480. The summed E-state index contributed by atoms with van der Waals surface area (Å²) in [4.78, 5) is 37.9. The lowest BCUT2D eigenvalue weighted by Crippen LogP contribution is -2.16. The number of carbonyl (C=O) groups is 3. The zero-order chi connectivity index (χ0) is 21.0. The van der Waals surface area contributed by atoms with Crippen LogP contribution >= 0.6 is 79.1 Å². The zero-order valence-electron chi connectivity index (χ0n) is 15.2. The molecule has 0 saturated heterocycles. The van der Waals surface area contributed by atoms with Gasteiger partial charge in [0.05, 0.1) is 24.3 Å². The molecule has 0 aliphatic heterocycles. The molecule has 0 aliphatic rings. The summed E-state index contributed by atoms with van der Waals surface area (Å²) in [6.07, 6.45) is 0. The van der Waals surface area contributed by atoms with E-state index in [1.165, 1.54) is 0 Å². The Labute approximate surface area is 207 Å². The van der Waals surface area contributed by atoms with Crippen LogP contribution < -0.4 is 5.32 Å². The number of hydrogen-bond donors (Lipinski definition) is 1. The van der Waals surface area contributed by atoms with Crippen molar-refractivity contribution in [1.29, 1.82) is 0 Å². The maximum Gasteiger partial charge on any atom is 0.348 e. The van der Waals surface area contributed by atoms with Crippen molar-refractivity contribution in [3.05, 3.63) is 44.4 Å². The van der Waals surface area contributed by atoms with Crippen LogP contribution in [0.15, 0.2) is 12.1 Å². The summed E-state index contributed by atoms with van der Waals surface area (Å²) in [5.41, 5.74) is 1.11. The van der Waals surface area contributed by atoms with Gasteiger partial charge in [-0.3, -0.25) is 4.79 Å². The molecular formula is C18H16I3NO5S. The molecular weight excluding hydrogens is 723 g/mol. The van der Waals surface area contributed by atoms with Gasteiger partial charge in [0, 0.05) is 10.7 Å². The SMILES string of the molecule is CCOC(=O)c1sc(NC(=O)c2cc(I)cc(I)c2I)c(C(=O)OCC)c1C. The summed E-state index contributed by atoms with van der Waals surface area (Å²) in [6.45, 7) is 5.44. The predicted octanol–water partition coefficient (Wildman–Crippen LogP) is 5.48. The Balaban J connectivity index is 2.49. The summed E-state index contributed by atoms with van der Waals surface area (Å²) < 4.78 is 12.9. The highest BCUT2D eigenvalue weighted by Gasteiger charge is 2.28. The number of ether oxygens (including phenoxy) is 2. The molecule has 0 bridgehead atoms. The van der Waals surface area contributed by atoms with Gasteiger partial charge in [-0.25, -0.2) is 9.59 Å². The highest BCUT2D eigenvalue weighted by atomic mass is 127. The quantitative estimate of drug-likeness (QED) is 0.242. The summed E-state index contributed by atoms with van der Waals surface area (Å²) in [7, 11) is 0. The Kier molecular flexibility index (Phi) is 8.94. The van der Waals surface area contributed by atoms with E-state index in [0.29, 0.717) is 11.1 Å². The second-order valence-corrected chi connectivity index (χ2v) is 9.91. The molecule has 1 amide bonds. The Morgan fingerprint density at radius 2 is 1.64 bits per heavy atom. The monoisotopic (exact) mass is 739 g/mol. The molecule has 150 valence electrons. The fourth-order valence-electron chi connectivity index (χ4n) is 2.33. The summed E-state index contributed by atoms with van der Waals surface area (Å²) in [5, 5.41) is 3.05. The molecule has 2 rings (SSSR count). The van der Waals surface area contributed by atoms with Gasteiger partial charge in [-0.05, 0) is 106 Å². The molecule has 0 unspecified atom stereocenters. The summed E-state index contributed by atoms with van der Waals surface area (Å²) in [6, 6.07) is 3.74. The Morgan fingerprint density at radius 3 is 2.25 bits per heavy atom. The Bertz CT molecular complexity index is 942. The molecule has 1 heterocycles. The maximum absolute atomic E-state index is 12.9. The van der Waals surface area contributed by atoms with Crippen molar-refractivity contribution in [2.75, 3.05) is 18.5 Å². The van der Waals surface area contributed by atoms with Crippen LogP contribution in [0.1, 0.15) is 49.8 Å². The smallest absolute Gasteiger partial charge is 0.348 e. The fourth-order valence-corrected chi connectivity index (χ4v) is 5.82. The molecule has 0 atom stereocenters. The maximum atomic E-state index is 12.9. The number of esters is 2. The molecule has 0 radical (unpaired) electrons. The highest BCUT2D eigenvalue weighted by molar-refractivity contribution is 14.1. The van der Waals surface area contributed by atoms with E-state index in [9.17, 15) is 14.4 Å². The summed E-state index contributed by atoms with van der Waals surface area (Å²) >= 11 is 7.44. The number of rotatable bonds is 6. The van der Waals surface area contributed by atoms with Crippen LogP contribution in [0.4, 0.5) is 5.00 Å². The van der Waals surface area contributed by atoms with Gasteiger partial charge in [0.25, 0.3) is 5.91 Å². The molecule has 28 heavy (non-hydrogen) atoms. The number of amides is 1. The number of hydrogen-bond acceptors (Lipinski definition) is 6. The first kappa shape index (κ1) is 23.8. The van der Waals surface area contributed by atoms with Crippen LogP contribution in [0.2, 0.25) is 0 Å². The van der Waals surface area contributed by atoms with E-state index in [0.717, 1.165) is 22.0 Å².